The lowest BCUT2D eigenvalue weighted by atomic mass is 9.87. The summed E-state index contributed by atoms with van der Waals surface area (Å²) in [5.74, 6) is -0.128. The fourth-order valence-corrected chi connectivity index (χ4v) is 4.36. The Morgan fingerprint density at radius 2 is 1.31 bits per heavy atom. The molecule has 2 amide bonds. The second-order valence-corrected chi connectivity index (χ2v) is 8.49. The fourth-order valence-electron chi connectivity index (χ4n) is 4.36. The number of hydrogen-bond donors (Lipinski definition) is 0. The summed E-state index contributed by atoms with van der Waals surface area (Å²) in [5.41, 5.74) is 2.63. The number of para-hydroxylation sites is 1. The van der Waals surface area contributed by atoms with Crippen molar-refractivity contribution in [2.75, 3.05) is 37.6 Å². The van der Waals surface area contributed by atoms with E-state index in [4.69, 9.17) is 0 Å². The predicted octanol–water partition coefficient (Wildman–Crippen LogP) is 2.95. The first-order valence-electron chi connectivity index (χ1n) is 10.4. The summed E-state index contributed by atoms with van der Waals surface area (Å²) in [7, 11) is 0. The van der Waals surface area contributed by atoms with Crippen LogP contribution in [0.25, 0.3) is 0 Å². The minimum absolute atomic E-state index is 0.0610. The Morgan fingerprint density at radius 1 is 0.724 bits per heavy atom. The highest BCUT2D eigenvalue weighted by Gasteiger charge is 2.43. The summed E-state index contributed by atoms with van der Waals surface area (Å²) in [6, 6.07) is 18.5. The van der Waals surface area contributed by atoms with E-state index in [-0.39, 0.29) is 11.8 Å². The number of hydrogen-bond acceptors (Lipinski definition) is 3. The molecule has 2 aliphatic rings. The molecule has 0 spiro atoms. The van der Waals surface area contributed by atoms with Crippen LogP contribution in [-0.2, 0) is 22.6 Å². The second-order valence-electron chi connectivity index (χ2n) is 8.49. The van der Waals surface area contributed by atoms with Gasteiger partial charge in [0.1, 0.15) is 5.41 Å². The van der Waals surface area contributed by atoms with Gasteiger partial charge in [0.15, 0.2) is 0 Å². The third-order valence-electron chi connectivity index (χ3n) is 6.18. The van der Waals surface area contributed by atoms with Crippen molar-refractivity contribution >= 4 is 17.5 Å². The average Bonchev–Trinajstić information content (AvgIpc) is 2.78. The molecule has 29 heavy (non-hydrogen) atoms. The molecule has 0 N–H and O–H groups in total. The Kier molecular flexibility index (Phi) is 5.31. The van der Waals surface area contributed by atoms with Gasteiger partial charge in [-0.2, -0.15) is 0 Å². The molecule has 0 aliphatic carbocycles. The normalized spacial score (nSPS) is 17.1. The number of benzene rings is 2. The van der Waals surface area contributed by atoms with E-state index in [1.165, 1.54) is 16.8 Å². The largest absolute Gasteiger partial charge is 0.368 e. The van der Waals surface area contributed by atoms with Gasteiger partial charge in [-0.25, -0.2) is 0 Å². The van der Waals surface area contributed by atoms with Gasteiger partial charge in [-0.15, -0.1) is 0 Å². The van der Waals surface area contributed by atoms with Crippen LogP contribution in [-0.4, -0.2) is 54.3 Å². The SMILES string of the molecule is CC(C)(C(=O)N1CCN(c2ccccc2)CC1)C(=O)N1CCc2ccccc2C1. The Hall–Kier alpha value is -2.82. The summed E-state index contributed by atoms with van der Waals surface area (Å²) in [6.07, 6.45) is 0.849. The number of carbonyl (C=O) groups is 2. The lowest BCUT2D eigenvalue weighted by Gasteiger charge is -2.41. The van der Waals surface area contributed by atoms with Gasteiger partial charge in [0.2, 0.25) is 11.8 Å². The first kappa shape index (κ1) is 19.5. The molecule has 5 nitrogen and oxygen atoms in total. The third-order valence-corrected chi connectivity index (χ3v) is 6.18. The molecule has 0 radical (unpaired) electrons. The number of piperazine rings is 1. The summed E-state index contributed by atoms with van der Waals surface area (Å²) < 4.78 is 0. The van der Waals surface area contributed by atoms with E-state index in [0.29, 0.717) is 26.2 Å². The van der Waals surface area contributed by atoms with Crippen LogP contribution in [0.15, 0.2) is 54.6 Å². The molecule has 2 aromatic rings. The zero-order valence-electron chi connectivity index (χ0n) is 17.3. The Labute approximate surface area is 172 Å². The van der Waals surface area contributed by atoms with Crippen LogP contribution in [0.5, 0.6) is 0 Å². The number of rotatable bonds is 3. The van der Waals surface area contributed by atoms with Crippen molar-refractivity contribution < 1.29 is 9.59 Å². The maximum absolute atomic E-state index is 13.3. The van der Waals surface area contributed by atoms with Gasteiger partial charge in [-0.3, -0.25) is 9.59 Å². The Balaban J connectivity index is 1.40. The second kappa shape index (κ2) is 7.90. The van der Waals surface area contributed by atoms with Gasteiger partial charge in [0.25, 0.3) is 0 Å². The number of amides is 2. The number of fused-ring (bicyclic) bond motifs is 1. The number of carbonyl (C=O) groups excluding carboxylic acids is 2. The number of nitrogens with zero attached hydrogens (tertiary/aromatic N) is 3. The van der Waals surface area contributed by atoms with E-state index in [0.717, 1.165) is 19.5 Å². The standard InChI is InChI=1S/C24H29N3O2/c1-24(2,23(29)27-13-12-19-8-6-7-9-20(19)18-27)22(28)26-16-14-25(15-17-26)21-10-4-3-5-11-21/h3-11H,12-18H2,1-2H3. The molecule has 1 fully saturated rings. The Bertz CT molecular complexity index is 886. The summed E-state index contributed by atoms with van der Waals surface area (Å²) in [4.78, 5) is 32.5. The van der Waals surface area contributed by atoms with E-state index in [1.807, 2.05) is 40.1 Å². The first-order chi connectivity index (χ1) is 14.0. The molecule has 0 aromatic heterocycles. The molecular formula is C24H29N3O2. The molecule has 2 heterocycles. The average molecular weight is 392 g/mol. The topological polar surface area (TPSA) is 43.9 Å². The minimum atomic E-state index is -1.04. The van der Waals surface area contributed by atoms with E-state index in [9.17, 15) is 9.59 Å². The van der Waals surface area contributed by atoms with Crippen molar-refractivity contribution in [1.82, 2.24) is 9.80 Å². The minimum Gasteiger partial charge on any atom is -0.368 e. The molecule has 0 atom stereocenters. The maximum atomic E-state index is 13.3. The van der Waals surface area contributed by atoms with Crippen LogP contribution >= 0.6 is 0 Å². The van der Waals surface area contributed by atoms with Crippen molar-refractivity contribution in [3.8, 4) is 0 Å². The van der Waals surface area contributed by atoms with Crippen molar-refractivity contribution in [1.29, 1.82) is 0 Å². The molecule has 0 unspecified atom stereocenters. The number of anilines is 1. The zero-order chi connectivity index (χ0) is 20.4. The van der Waals surface area contributed by atoms with Crippen LogP contribution in [0.2, 0.25) is 0 Å². The predicted molar refractivity (Wildman–Crippen MR) is 115 cm³/mol. The fraction of sp³-hybridized carbons (Fsp3) is 0.417. The molecule has 4 rings (SSSR count). The van der Waals surface area contributed by atoms with Gasteiger partial charge in [-0.1, -0.05) is 42.5 Å². The van der Waals surface area contributed by atoms with E-state index in [1.54, 1.807) is 13.8 Å². The van der Waals surface area contributed by atoms with E-state index >= 15 is 0 Å². The van der Waals surface area contributed by atoms with Gasteiger partial charge >= 0.3 is 0 Å². The van der Waals surface area contributed by atoms with Crippen LogP contribution < -0.4 is 4.90 Å². The molecule has 2 aliphatic heterocycles. The maximum Gasteiger partial charge on any atom is 0.238 e. The Morgan fingerprint density at radius 3 is 2.00 bits per heavy atom. The van der Waals surface area contributed by atoms with Crippen LogP contribution in [0.3, 0.4) is 0 Å². The van der Waals surface area contributed by atoms with Crippen molar-refractivity contribution in [2.45, 2.75) is 26.8 Å². The summed E-state index contributed by atoms with van der Waals surface area (Å²) >= 11 is 0. The van der Waals surface area contributed by atoms with E-state index in [2.05, 4.69) is 29.2 Å². The molecule has 5 heteroatoms. The van der Waals surface area contributed by atoms with Crippen LogP contribution in [0.1, 0.15) is 25.0 Å². The lowest BCUT2D eigenvalue weighted by molar-refractivity contribution is -0.154. The highest BCUT2D eigenvalue weighted by molar-refractivity contribution is 6.04. The first-order valence-corrected chi connectivity index (χ1v) is 10.4. The van der Waals surface area contributed by atoms with E-state index < -0.39 is 5.41 Å². The van der Waals surface area contributed by atoms with Gasteiger partial charge in [-0.05, 0) is 43.5 Å². The van der Waals surface area contributed by atoms with Gasteiger partial charge in [0, 0.05) is 45.0 Å². The van der Waals surface area contributed by atoms with Gasteiger partial charge < -0.3 is 14.7 Å². The smallest absolute Gasteiger partial charge is 0.238 e. The molecule has 1 saturated heterocycles. The van der Waals surface area contributed by atoms with Crippen molar-refractivity contribution in [3.63, 3.8) is 0 Å². The monoisotopic (exact) mass is 391 g/mol. The molecular weight excluding hydrogens is 362 g/mol. The quantitative estimate of drug-likeness (QED) is 0.756. The lowest BCUT2D eigenvalue weighted by Crippen LogP contribution is -2.56. The zero-order valence-corrected chi connectivity index (χ0v) is 17.3. The van der Waals surface area contributed by atoms with Crippen molar-refractivity contribution in [2.24, 2.45) is 5.41 Å². The highest BCUT2D eigenvalue weighted by Crippen LogP contribution is 2.28. The summed E-state index contributed by atoms with van der Waals surface area (Å²) in [6.45, 7) is 7.69. The summed E-state index contributed by atoms with van der Waals surface area (Å²) in [5, 5.41) is 0. The molecule has 2 aromatic carbocycles. The van der Waals surface area contributed by atoms with Gasteiger partial charge in [0.05, 0.1) is 0 Å². The highest BCUT2D eigenvalue weighted by atomic mass is 16.2. The van der Waals surface area contributed by atoms with Crippen LogP contribution in [0.4, 0.5) is 5.69 Å². The molecule has 0 bridgehead atoms. The molecule has 0 saturated carbocycles. The molecule has 152 valence electrons. The third kappa shape index (κ3) is 3.86. The van der Waals surface area contributed by atoms with Crippen molar-refractivity contribution in [3.05, 3.63) is 65.7 Å². The van der Waals surface area contributed by atoms with Crippen LogP contribution in [0, 0.1) is 5.41 Å².